The highest BCUT2D eigenvalue weighted by Crippen LogP contribution is 2.60. The summed E-state index contributed by atoms with van der Waals surface area (Å²) in [5, 5.41) is 9.12. The number of carbonyl (C=O) groups is 3. The number of likely N-dealkylation sites (tertiary alicyclic amines) is 1. The molecular formula is C29H37BrN2O6. The highest BCUT2D eigenvalue weighted by molar-refractivity contribution is 9.09. The van der Waals surface area contributed by atoms with Crippen molar-refractivity contribution in [2.75, 3.05) is 26.3 Å². The molecule has 3 heterocycles. The van der Waals surface area contributed by atoms with Gasteiger partial charge in [0.15, 0.2) is 0 Å². The second kappa shape index (κ2) is 12.6. The maximum atomic E-state index is 14.3. The normalized spacial score (nSPS) is 29.3. The van der Waals surface area contributed by atoms with E-state index in [0.29, 0.717) is 38.9 Å². The van der Waals surface area contributed by atoms with Crippen LogP contribution in [-0.2, 0) is 30.4 Å². The van der Waals surface area contributed by atoms with Crippen LogP contribution in [0.15, 0.2) is 55.6 Å². The predicted octanol–water partition coefficient (Wildman–Crippen LogP) is 3.23. The van der Waals surface area contributed by atoms with E-state index < -0.39 is 35.6 Å². The quantitative estimate of drug-likeness (QED) is 0.155. The molecule has 4 rings (SSSR count). The largest absolute Gasteiger partial charge is 0.461 e. The zero-order chi connectivity index (χ0) is 27.3. The van der Waals surface area contributed by atoms with Gasteiger partial charge in [-0.3, -0.25) is 14.4 Å². The summed E-state index contributed by atoms with van der Waals surface area (Å²) in [5.41, 5.74) is -0.149. The van der Waals surface area contributed by atoms with Crippen molar-refractivity contribution in [2.24, 2.45) is 11.8 Å². The molecule has 3 unspecified atom stereocenters. The lowest BCUT2D eigenvalue weighted by Gasteiger charge is -2.37. The van der Waals surface area contributed by atoms with Crippen LogP contribution >= 0.6 is 15.9 Å². The van der Waals surface area contributed by atoms with Gasteiger partial charge in [-0.1, -0.05) is 77.8 Å². The molecule has 0 aliphatic carbocycles. The summed E-state index contributed by atoms with van der Waals surface area (Å²) in [4.78, 5) is 44.7. The molecule has 9 heteroatoms. The molecule has 1 aromatic carbocycles. The second-order valence-corrected chi connectivity index (χ2v) is 11.4. The van der Waals surface area contributed by atoms with Crippen molar-refractivity contribution < 1.29 is 29.0 Å². The maximum absolute atomic E-state index is 14.3. The van der Waals surface area contributed by atoms with Gasteiger partial charge < -0.3 is 24.4 Å². The van der Waals surface area contributed by atoms with E-state index >= 15 is 0 Å². The first-order chi connectivity index (χ1) is 18.4. The molecule has 1 spiro atoms. The number of esters is 1. The molecule has 3 saturated heterocycles. The molecule has 3 aliphatic heterocycles. The number of amides is 2. The smallest absolute Gasteiger partial charge is 0.312 e. The number of carbonyl (C=O) groups excluding carboxylic acids is 3. The molecule has 6 atom stereocenters. The van der Waals surface area contributed by atoms with E-state index in [1.165, 1.54) is 6.08 Å². The van der Waals surface area contributed by atoms with Gasteiger partial charge in [0.25, 0.3) is 0 Å². The standard InChI is InChI=1S/C29H37BrN2O6/c1-3-14-31(19-20-12-8-7-9-13-20)27(35)25-29-18-21(30)24(38-29)22(28(36)37-17-4-2)23(29)26(34)32(25)15-10-5-6-11-16-33/h3-4,7-9,12-13,21-25,33H,1-2,5-6,10-11,14-19H2/t21?,22-,23+,24-,25?,29?/m1/s1. The van der Waals surface area contributed by atoms with Crippen LogP contribution in [0.3, 0.4) is 0 Å². The van der Waals surface area contributed by atoms with Crippen LogP contribution in [0.5, 0.6) is 0 Å². The number of aliphatic hydroxyl groups excluding tert-OH is 1. The fourth-order valence-electron chi connectivity index (χ4n) is 6.27. The van der Waals surface area contributed by atoms with Gasteiger partial charge in [-0.25, -0.2) is 0 Å². The van der Waals surface area contributed by atoms with Crippen LogP contribution in [0.25, 0.3) is 0 Å². The number of fused-ring (bicyclic) bond motifs is 1. The van der Waals surface area contributed by atoms with Gasteiger partial charge in [0, 0.05) is 31.1 Å². The lowest BCUT2D eigenvalue weighted by molar-refractivity contribution is -0.154. The highest BCUT2D eigenvalue weighted by atomic mass is 79.9. The predicted molar refractivity (Wildman–Crippen MR) is 146 cm³/mol. The zero-order valence-corrected chi connectivity index (χ0v) is 23.3. The van der Waals surface area contributed by atoms with Crippen LogP contribution in [0.1, 0.15) is 37.7 Å². The molecule has 206 valence electrons. The first-order valence-corrected chi connectivity index (χ1v) is 14.3. The van der Waals surface area contributed by atoms with Crippen molar-refractivity contribution >= 4 is 33.7 Å². The van der Waals surface area contributed by atoms with Crippen molar-refractivity contribution in [3.8, 4) is 0 Å². The van der Waals surface area contributed by atoms with Crippen molar-refractivity contribution in [2.45, 2.75) is 61.2 Å². The Labute approximate surface area is 232 Å². The van der Waals surface area contributed by atoms with E-state index in [4.69, 9.17) is 14.6 Å². The Morgan fingerprint density at radius 1 is 1.18 bits per heavy atom. The minimum absolute atomic E-state index is 0.0457. The molecular weight excluding hydrogens is 552 g/mol. The number of benzene rings is 1. The SMILES string of the molecule is C=CCOC(=O)[C@H]1[C@@H]2OC3(CC2Br)C(C(=O)N(CC=C)Cc2ccccc2)N(CCCCCCO)C(=O)[C@H]13. The van der Waals surface area contributed by atoms with E-state index in [1.807, 2.05) is 30.3 Å². The fraction of sp³-hybridized carbons (Fsp3) is 0.552. The molecule has 38 heavy (non-hydrogen) atoms. The number of nitrogens with zero attached hydrogens (tertiary/aromatic N) is 2. The lowest BCUT2D eigenvalue weighted by Crippen LogP contribution is -2.56. The zero-order valence-electron chi connectivity index (χ0n) is 21.7. The molecule has 0 saturated carbocycles. The number of rotatable bonds is 14. The molecule has 3 fully saturated rings. The number of hydrogen-bond donors (Lipinski definition) is 1. The Balaban J connectivity index is 1.67. The van der Waals surface area contributed by atoms with Gasteiger partial charge in [-0.2, -0.15) is 0 Å². The average molecular weight is 590 g/mol. The number of halogens is 1. The van der Waals surface area contributed by atoms with Gasteiger partial charge in [0.05, 0.1) is 17.9 Å². The summed E-state index contributed by atoms with van der Waals surface area (Å²) in [6, 6.07) is 8.84. The van der Waals surface area contributed by atoms with Crippen LogP contribution in [0, 0.1) is 11.8 Å². The van der Waals surface area contributed by atoms with Gasteiger partial charge in [-0.15, -0.1) is 6.58 Å². The summed E-state index contributed by atoms with van der Waals surface area (Å²) < 4.78 is 11.9. The highest BCUT2D eigenvalue weighted by Gasteiger charge is 2.77. The first kappa shape index (κ1) is 28.5. The number of hydrogen-bond acceptors (Lipinski definition) is 6. The maximum Gasteiger partial charge on any atom is 0.312 e. The van der Waals surface area contributed by atoms with Crippen molar-refractivity contribution in [1.82, 2.24) is 9.80 Å². The summed E-state index contributed by atoms with van der Waals surface area (Å²) in [7, 11) is 0. The number of unbranched alkanes of at least 4 members (excludes halogenated alkanes) is 3. The molecule has 8 nitrogen and oxygen atoms in total. The van der Waals surface area contributed by atoms with Crippen molar-refractivity contribution in [1.29, 1.82) is 0 Å². The number of aliphatic hydroxyl groups is 1. The van der Waals surface area contributed by atoms with E-state index in [2.05, 4.69) is 29.1 Å². The Hall–Kier alpha value is -2.49. The third-order valence-electron chi connectivity index (χ3n) is 7.82. The minimum Gasteiger partial charge on any atom is -0.461 e. The monoisotopic (exact) mass is 588 g/mol. The van der Waals surface area contributed by atoms with E-state index in [9.17, 15) is 14.4 Å². The lowest BCUT2D eigenvalue weighted by atomic mass is 9.70. The van der Waals surface area contributed by atoms with Crippen LogP contribution in [0.4, 0.5) is 0 Å². The van der Waals surface area contributed by atoms with E-state index in [-0.39, 0.29) is 29.9 Å². The molecule has 2 amide bonds. The molecule has 1 aromatic rings. The molecule has 3 aliphatic rings. The second-order valence-electron chi connectivity index (χ2n) is 10.2. The summed E-state index contributed by atoms with van der Waals surface area (Å²) >= 11 is 3.68. The Morgan fingerprint density at radius 3 is 2.61 bits per heavy atom. The topological polar surface area (TPSA) is 96.4 Å². The fourth-order valence-corrected chi connectivity index (χ4v) is 7.21. The van der Waals surface area contributed by atoms with Gasteiger partial charge in [0.1, 0.15) is 18.2 Å². The number of ether oxygens (including phenoxy) is 2. The van der Waals surface area contributed by atoms with Crippen LogP contribution in [-0.4, -0.2) is 81.6 Å². The Kier molecular flexibility index (Phi) is 9.44. The van der Waals surface area contributed by atoms with Gasteiger partial charge in [0.2, 0.25) is 11.8 Å². The number of alkyl halides is 1. The van der Waals surface area contributed by atoms with Crippen molar-refractivity contribution in [3.63, 3.8) is 0 Å². The van der Waals surface area contributed by atoms with Gasteiger partial charge in [-0.05, 0) is 24.8 Å². The minimum atomic E-state index is -1.12. The van der Waals surface area contributed by atoms with Crippen LogP contribution in [0.2, 0.25) is 0 Å². The molecule has 0 radical (unpaired) electrons. The van der Waals surface area contributed by atoms with E-state index in [1.54, 1.807) is 15.9 Å². The van der Waals surface area contributed by atoms with Crippen LogP contribution < -0.4 is 0 Å². The molecule has 2 bridgehead atoms. The molecule has 1 N–H and O–H groups in total. The third-order valence-corrected chi connectivity index (χ3v) is 8.67. The summed E-state index contributed by atoms with van der Waals surface area (Å²) in [6.45, 7) is 8.69. The van der Waals surface area contributed by atoms with Crippen molar-refractivity contribution in [3.05, 3.63) is 61.2 Å². The Morgan fingerprint density at radius 2 is 1.92 bits per heavy atom. The Bertz CT molecular complexity index is 1040. The van der Waals surface area contributed by atoms with Gasteiger partial charge >= 0.3 is 5.97 Å². The average Bonchev–Trinajstić information content (AvgIpc) is 3.50. The van der Waals surface area contributed by atoms with E-state index in [0.717, 1.165) is 18.4 Å². The first-order valence-electron chi connectivity index (χ1n) is 13.3. The summed E-state index contributed by atoms with van der Waals surface area (Å²) in [6.07, 6.45) is 6.10. The molecule has 0 aromatic heterocycles. The summed E-state index contributed by atoms with van der Waals surface area (Å²) in [5.74, 6) is -2.52. The third kappa shape index (κ3) is 5.33.